The average Bonchev–Trinajstić information content (AvgIpc) is 2.64. The maximum Gasteiger partial charge on any atom is 0.243 e. The van der Waals surface area contributed by atoms with Crippen molar-refractivity contribution in [3.05, 3.63) is 47.7 Å². The van der Waals surface area contributed by atoms with Gasteiger partial charge in [0.05, 0.1) is 10.6 Å². The first-order valence-corrected chi connectivity index (χ1v) is 9.88. The van der Waals surface area contributed by atoms with Crippen LogP contribution in [0.1, 0.15) is 35.8 Å². The Kier molecular flexibility index (Phi) is 5.33. The zero-order chi connectivity index (χ0) is 18.7. The van der Waals surface area contributed by atoms with Gasteiger partial charge in [0.2, 0.25) is 15.9 Å². The molecule has 138 valence electrons. The van der Waals surface area contributed by atoms with E-state index in [-0.39, 0.29) is 16.8 Å². The summed E-state index contributed by atoms with van der Waals surface area (Å²) >= 11 is 0. The molecule has 2 heterocycles. The van der Waals surface area contributed by atoms with Gasteiger partial charge < -0.3 is 4.74 Å². The van der Waals surface area contributed by atoms with E-state index in [1.54, 1.807) is 18.2 Å². The third kappa shape index (κ3) is 4.08. The highest BCUT2D eigenvalue weighted by atomic mass is 32.2. The molecule has 0 bridgehead atoms. The molecule has 1 fully saturated rings. The van der Waals surface area contributed by atoms with Gasteiger partial charge in [-0.1, -0.05) is 12.1 Å². The van der Waals surface area contributed by atoms with Crippen LogP contribution in [0.4, 0.5) is 0 Å². The Balaban J connectivity index is 1.66. The Hall–Kier alpha value is -2.32. The van der Waals surface area contributed by atoms with Crippen molar-refractivity contribution in [3.63, 3.8) is 0 Å². The highest BCUT2D eigenvalue weighted by molar-refractivity contribution is 7.89. The Bertz CT molecular complexity index is 889. The van der Waals surface area contributed by atoms with E-state index in [4.69, 9.17) is 4.74 Å². The van der Waals surface area contributed by atoms with Crippen LogP contribution in [0.5, 0.6) is 5.88 Å². The zero-order valence-electron chi connectivity index (χ0n) is 14.8. The summed E-state index contributed by atoms with van der Waals surface area (Å²) in [6.45, 7) is 3.98. The van der Waals surface area contributed by atoms with Gasteiger partial charge in [-0.3, -0.25) is 4.79 Å². The van der Waals surface area contributed by atoms with Crippen molar-refractivity contribution >= 4 is 15.8 Å². The molecule has 0 aliphatic carbocycles. The highest BCUT2D eigenvalue weighted by Crippen LogP contribution is 2.23. The fraction of sp³-hybridized carbons (Fsp3) is 0.389. The molecule has 2 aromatic rings. The summed E-state index contributed by atoms with van der Waals surface area (Å²) in [4.78, 5) is 11.6. The summed E-state index contributed by atoms with van der Waals surface area (Å²) in [5.41, 5.74) is 1.20. The number of piperidine rings is 1. The molecule has 1 saturated heterocycles. The quantitative estimate of drug-likeness (QED) is 0.745. The van der Waals surface area contributed by atoms with Gasteiger partial charge in [0, 0.05) is 24.7 Å². The predicted molar refractivity (Wildman–Crippen MR) is 95.6 cm³/mol. The van der Waals surface area contributed by atoms with Crippen LogP contribution >= 0.6 is 0 Å². The van der Waals surface area contributed by atoms with Crippen LogP contribution in [0.2, 0.25) is 0 Å². The van der Waals surface area contributed by atoms with Gasteiger partial charge in [-0.25, -0.2) is 8.42 Å². The Morgan fingerprint density at radius 3 is 2.50 bits per heavy atom. The number of sulfonamides is 1. The molecule has 1 aromatic carbocycles. The first kappa shape index (κ1) is 18.5. The fourth-order valence-corrected chi connectivity index (χ4v) is 4.35. The lowest BCUT2D eigenvalue weighted by Gasteiger charge is -2.31. The monoisotopic (exact) mass is 375 g/mol. The summed E-state index contributed by atoms with van der Waals surface area (Å²) in [5, 5.41) is 7.93. The van der Waals surface area contributed by atoms with E-state index in [9.17, 15) is 13.2 Å². The van der Waals surface area contributed by atoms with Gasteiger partial charge in [-0.15, -0.1) is 5.10 Å². The van der Waals surface area contributed by atoms with Crippen LogP contribution in [0, 0.1) is 6.92 Å². The number of carbonyl (C=O) groups is 1. The van der Waals surface area contributed by atoms with E-state index in [0.29, 0.717) is 37.4 Å². The lowest BCUT2D eigenvalue weighted by atomic mass is 10.1. The maximum absolute atomic E-state index is 12.8. The molecule has 0 spiro atoms. The predicted octanol–water partition coefficient (Wildman–Crippen LogP) is 2.22. The van der Waals surface area contributed by atoms with Crippen molar-refractivity contribution in [1.82, 2.24) is 14.5 Å². The minimum absolute atomic E-state index is 0.0954. The number of hydrogen-bond donors (Lipinski definition) is 0. The second-order valence-electron chi connectivity index (χ2n) is 6.32. The van der Waals surface area contributed by atoms with E-state index >= 15 is 0 Å². The van der Waals surface area contributed by atoms with Crippen LogP contribution < -0.4 is 4.74 Å². The minimum Gasteiger partial charge on any atom is -0.473 e. The molecule has 26 heavy (non-hydrogen) atoms. The molecular formula is C18H21N3O4S. The third-order valence-electron chi connectivity index (χ3n) is 4.34. The van der Waals surface area contributed by atoms with Crippen LogP contribution in [-0.4, -0.2) is 47.9 Å². The molecule has 0 amide bonds. The summed E-state index contributed by atoms with van der Waals surface area (Å²) in [7, 11) is -3.62. The van der Waals surface area contributed by atoms with E-state index in [0.717, 1.165) is 5.69 Å². The van der Waals surface area contributed by atoms with Crippen molar-refractivity contribution in [1.29, 1.82) is 0 Å². The lowest BCUT2D eigenvalue weighted by Crippen LogP contribution is -2.41. The smallest absolute Gasteiger partial charge is 0.243 e. The normalized spacial score (nSPS) is 16.4. The zero-order valence-corrected chi connectivity index (χ0v) is 15.6. The van der Waals surface area contributed by atoms with Gasteiger partial charge in [0.15, 0.2) is 5.78 Å². The molecular weight excluding hydrogens is 354 g/mol. The van der Waals surface area contributed by atoms with Crippen molar-refractivity contribution < 1.29 is 17.9 Å². The number of rotatable bonds is 5. The topological polar surface area (TPSA) is 89.5 Å². The molecule has 8 heteroatoms. The Morgan fingerprint density at radius 1 is 1.15 bits per heavy atom. The number of hydrogen-bond acceptors (Lipinski definition) is 6. The summed E-state index contributed by atoms with van der Waals surface area (Å²) < 4.78 is 32.9. The Labute approximate surface area is 153 Å². The van der Waals surface area contributed by atoms with Crippen LogP contribution in [0.15, 0.2) is 41.3 Å². The molecule has 7 nitrogen and oxygen atoms in total. The molecule has 0 atom stereocenters. The average molecular weight is 375 g/mol. The van der Waals surface area contributed by atoms with E-state index in [2.05, 4.69) is 10.2 Å². The number of aryl methyl sites for hydroxylation is 1. The number of Topliss-reactive ketones (excluding diaryl/α,β-unsaturated/α-hetero) is 1. The van der Waals surface area contributed by atoms with Crippen molar-refractivity contribution in [3.8, 4) is 5.88 Å². The van der Waals surface area contributed by atoms with E-state index < -0.39 is 10.0 Å². The number of benzene rings is 1. The molecule has 0 saturated carbocycles. The van der Waals surface area contributed by atoms with E-state index in [1.165, 1.54) is 23.4 Å². The molecule has 1 aliphatic rings. The van der Waals surface area contributed by atoms with Crippen LogP contribution in [-0.2, 0) is 10.0 Å². The maximum atomic E-state index is 12.8. The van der Waals surface area contributed by atoms with Gasteiger partial charge in [0.25, 0.3) is 0 Å². The number of ether oxygens (including phenoxy) is 1. The molecule has 0 radical (unpaired) electrons. The molecule has 3 rings (SSSR count). The summed E-state index contributed by atoms with van der Waals surface area (Å²) in [6.07, 6.45) is 1.05. The number of nitrogens with zero attached hydrogens (tertiary/aromatic N) is 3. The SMILES string of the molecule is CC(=O)c1cccc(S(=O)(=O)N2CCC(Oc3ccc(C)nn3)CC2)c1. The van der Waals surface area contributed by atoms with Crippen molar-refractivity contribution in [2.75, 3.05) is 13.1 Å². The second-order valence-corrected chi connectivity index (χ2v) is 8.26. The lowest BCUT2D eigenvalue weighted by molar-refractivity contribution is 0.101. The third-order valence-corrected chi connectivity index (χ3v) is 6.23. The highest BCUT2D eigenvalue weighted by Gasteiger charge is 2.30. The summed E-state index contributed by atoms with van der Waals surface area (Å²) in [6, 6.07) is 9.75. The first-order valence-electron chi connectivity index (χ1n) is 8.44. The Morgan fingerprint density at radius 2 is 1.88 bits per heavy atom. The van der Waals surface area contributed by atoms with Crippen LogP contribution in [0.3, 0.4) is 0 Å². The number of ketones is 1. The molecule has 0 unspecified atom stereocenters. The standard InChI is InChI=1S/C18H21N3O4S/c1-13-6-7-18(20-19-13)25-16-8-10-21(11-9-16)26(23,24)17-5-3-4-15(12-17)14(2)22/h3-7,12,16H,8-11H2,1-2H3. The van der Waals surface area contributed by atoms with Gasteiger partial charge in [0.1, 0.15) is 6.10 Å². The first-order chi connectivity index (χ1) is 12.4. The van der Waals surface area contributed by atoms with Gasteiger partial charge >= 0.3 is 0 Å². The number of carbonyl (C=O) groups excluding carboxylic acids is 1. The van der Waals surface area contributed by atoms with Crippen molar-refractivity contribution in [2.45, 2.75) is 37.7 Å². The fourth-order valence-electron chi connectivity index (χ4n) is 2.84. The van der Waals surface area contributed by atoms with Crippen molar-refractivity contribution in [2.24, 2.45) is 0 Å². The summed E-state index contributed by atoms with van der Waals surface area (Å²) in [5.74, 6) is 0.291. The second kappa shape index (κ2) is 7.51. The van der Waals surface area contributed by atoms with Gasteiger partial charge in [-0.2, -0.15) is 9.40 Å². The largest absolute Gasteiger partial charge is 0.473 e. The minimum atomic E-state index is -3.62. The van der Waals surface area contributed by atoms with E-state index in [1.807, 2.05) is 13.0 Å². The van der Waals surface area contributed by atoms with Crippen LogP contribution in [0.25, 0.3) is 0 Å². The molecule has 1 aliphatic heterocycles. The molecule has 1 aromatic heterocycles. The van der Waals surface area contributed by atoms with Gasteiger partial charge in [-0.05, 0) is 44.9 Å². The number of aromatic nitrogens is 2. The molecule has 0 N–H and O–H groups in total.